The van der Waals surface area contributed by atoms with Crippen LogP contribution < -0.4 is 5.32 Å². The summed E-state index contributed by atoms with van der Waals surface area (Å²) < 4.78 is 1.72. The molecule has 0 aliphatic rings. The fraction of sp³-hybridized carbons (Fsp3) is 0.400. The molecule has 17 heavy (non-hydrogen) atoms. The summed E-state index contributed by atoms with van der Waals surface area (Å²) in [5, 5.41) is 19.6. The molecule has 1 unspecified atom stereocenters. The molecule has 0 bridgehead atoms. The molecule has 7 heteroatoms. The first kappa shape index (κ1) is 11.3. The van der Waals surface area contributed by atoms with Gasteiger partial charge in [-0.15, -0.1) is 10.2 Å². The molecular weight excluding hydrogens is 222 g/mol. The quantitative estimate of drug-likeness (QED) is 0.790. The number of aliphatic carboxylic acids is 1. The minimum absolute atomic E-state index is 0.325. The number of carboxylic acid groups (broad SMARTS) is 1. The van der Waals surface area contributed by atoms with Gasteiger partial charge in [0.05, 0.1) is 5.92 Å². The van der Waals surface area contributed by atoms with Crippen LogP contribution in [0.3, 0.4) is 0 Å². The second kappa shape index (κ2) is 4.77. The first-order valence-corrected chi connectivity index (χ1v) is 5.33. The monoisotopic (exact) mass is 235 g/mol. The summed E-state index contributed by atoms with van der Waals surface area (Å²) in [6, 6.07) is 0. The number of nitrogens with zero attached hydrogens (tertiary/aromatic N) is 4. The molecule has 2 aromatic heterocycles. The van der Waals surface area contributed by atoms with Gasteiger partial charge in [-0.2, -0.15) is 0 Å². The average molecular weight is 235 g/mol. The molecule has 0 aromatic carbocycles. The molecule has 2 aromatic rings. The number of hydrogen-bond donors (Lipinski definition) is 2. The number of aromatic nitrogens is 4. The molecule has 0 fully saturated rings. The van der Waals surface area contributed by atoms with Gasteiger partial charge in [0.1, 0.15) is 6.33 Å². The van der Waals surface area contributed by atoms with E-state index in [2.05, 4.69) is 20.5 Å². The van der Waals surface area contributed by atoms with E-state index in [9.17, 15) is 4.79 Å². The van der Waals surface area contributed by atoms with Gasteiger partial charge >= 0.3 is 5.97 Å². The standard InChI is InChI=1S/C10H13N5O2/c1-2-7(10(16)17)5-12-8-9-14-13-6-15(9)4-3-11-8/h3-4,6-7H,2,5H2,1H3,(H,11,12)(H,16,17). The van der Waals surface area contributed by atoms with E-state index < -0.39 is 11.9 Å². The molecule has 0 saturated heterocycles. The summed E-state index contributed by atoms with van der Waals surface area (Å²) in [6.45, 7) is 2.16. The van der Waals surface area contributed by atoms with Crippen LogP contribution in [0.15, 0.2) is 18.7 Å². The first-order chi connectivity index (χ1) is 8.22. The van der Waals surface area contributed by atoms with Crippen molar-refractivity contribution in [1.29, 1.82) is 0 Å². The Kier molecular flexibility index (Phi) is 3.17. The fourth-order valence-corrected chi connectivity index (χ4v) is 1.51. The van der Waals surface area contributed by atoms with Crippen molar-refractivity contribution in [2.75, 3.05) is 11.9 Å². The Morgan fingerprint density at radius 3 is 3.18 bits per heavy atom. The van der Waals surface area contributed by atoms with Crippen LogP contribution in [0.1, 0.15) is 13.3 Å². The summed E-state index contributed by atoms with van der Waals surface area (Å²) in [7, 11) is 0. The van der Waals surface area contributed by atoms with Crippen LogP contribution in [0.2, 0.25) is 0 Å². The summed E-state index contributed by atoms with van der Waals surface area (Å²) in [6.07, 6.45) is 5.48. The third-order valence-electron chi connectivity index (χ3n) is 2.57. The van der Waals surface area contributed by atoms with Gasteiger partial charge in [0.15, 0.2) is 5.82 Å². The number of hydrogen-bond acceptors (Lipinski definition) is 5. The lowest BCUT2D eigenvalue weighted by atomic mass is 10.1. The molecule has 0 amide bonds. The van der Waals surface area contributed by atoms with E-state index in [1.807, 2.05) is 6.92 Å². The van der Waals surface area contributed by atoms with Crippen molar-refractivity contribution >= 4 is 17.4 Å². The summed E-state index contributed by atoms with van der Waals surface area (Å²) in [5.74, 6) is -0.696. The van der Waals surface area contributed by atoms with E-state index >= 15 is 0 Å². The summed E-state index contributed by atoms with van der Waals surface area (Å²) >= 11 is 0. The molecule has 0 aliphatic heterocycles. The normalized spacial score (nSPS) is 12.5. The molecule has 0 spiro atoms. The highest BCUT2D eigenvalue weighted by Gasteiger charge is 2.15. The maximum atomic E-state index is 10.9. The summed E-state index contributed by atoms with van der Waals surface area (Å²) in [5.41, 5.74) is 0.591. The number of fused-ring (bicyclic) bond motifs is 1. The van der Waals surface area contributed by atoms with Crippen molar-refractivity contribution in [2.24, 2.45) is 5.92 Å². The molecule has 2 rings (SSSR count). The molecule has 0 radical (unpaired) electrons. The van der Waals surface area contributed by atoms with Crippen molar-refractivity contribution in [3.05, 3.63) is 18.7 Å². The topological polar surface area (TPSA) is 92.4 Å². The van der Waals surface area contributed by atoms with E-state index in [-0.39, 0.29) is 0 Å². The van der Waals surface area contributed by atoms with Gasteiger partial charge in [0.25, 0.3) is 0 Å². The number of rotatable bonds is 5. The predicted octanol–water partition coefficient (Wildman–Crippen LogP) is 0.647. The minimum atomic E-state index is -0.812. The van der Waals surface area contributed by atoms with Gasteiger partial charge in [-0.25, -0.2) is 4.98 Å². The van der Waals surface area contributed by atoms with Crippen LogP contribution in [-0.2, 0) is 4.79 Å². The molecule has 0 aliphatic carbocycles. The SMILES string of the molecule is CCC(CNc1nccn2cnnc12)C(=O)O. The Bertz CT molecular complexity index is 524. The Morgan fingerprint density at radius 2 is 2.47 bits per heavy atom. The number of anilines is 1. The lowest BCUT2D eigenvalue weighted by Crippen LogP contribution is -2.22. The second-order valence-corrected chi connectivity index (χ2v) is 3.66. The fourth-order valence-electron chi connectivity index (χ4n) is 1.51. The molecule has 2 N–H and O–H groups in total. The van der Waals surface area contributed by atoms with Crippen molar-refractivity contribution in [2.45, 2.75) is 13.3 Å². The Labute approximate surface area is 97.5 Å². The van der Waals surface area contributed by atoms with Crippen molar-refractivity contribution < 1.29 is 9.90 Å². The molecular formula is C10H13N5O2. The molecule has 0 saturated carbocycles. The van der Waals surface area contributed by atoms with Crippen LogP contribution in [0.25, 0.3) is 5.65 Å². The third kappa shape index (κ3) is 2.32. The van der Waals surface area contributed by atoms with Gasteiger partial charge in [-0.05, 0) is 6.42 Å². The van der Waals surface area contributed by atoms with Gasteiger partial charge < -0.3 is 10.4 Å². The zero-order chi connectivity index (χ0) is 12.3. The van der Waals surface area contributed by atoms with E-state index in [1.165, 1.54) is 0 Å². The summed E-state index contributed by atoms with van der Waals surface area (Å²) in [4.78, 5) is 15.0. The molecule has 7 nitrogen and oxygen atoms in total. The van der Waals surface area contributed by atoms with Crippen LogP contribution in [0.4, 0.5) is 5.82 Å². The minimum Gasteiger partial charge on any atom is -0.481 e. The van der Waals surface area contributed by atoms with E-state index in [0.29, 0.717) is 24.4 Å². The van der Waals surface area contributed by atoms with Crippen LogP contribution in [0, 0.1) is 5.92 Å². The Morgan fingerprint density at radius 1 is 1.65 bits per heavy atom. The number of nitrogens with one attached hydrogen (secondary N) is 1. The first-order valence-electron chi connectivity index (χ1n) is 5.33. The van der Waals surface area contributed by atoms with Crippen LogP contribution >= 0.6 is 0 Å². The van der Waals surface area contributed by atoms with E-state index in [4.69, 9.17) is 5.11 Å². The number of carbonyl (C=O) groups is 1. The highest BCUT2D eigenvalue weighted by molar-refractivity contribution is 5.71. The predicted molar refractivity (Wildman–Crippen MR) is 60.7 cm³/mol. The number of carboxylic acids is 1. The third-order valence-corrected chi connectivity index (χ3v) is 2.57. The highest BCUT2D eigenvalue weighted by Crippen LogP contribution is 2.11. The van der Waals surface area contributed by atoms with Gasteiger partial charge in [-0.1, -0.05) is 6.92 Å². The lowest BCUT2D eigenvalue weighted by Gasteiger charge is -2.11. The highest BCUT2D eigenvalue weighted by atomic mass is 16.4. The lowest BCUT2D eigenvalue weighted by molar-refractivity contribution is -0.141. The second-order valence-electron chi connectivity index (χ2n) is 3.66. The van der Waals surface area contributed by atoms with Gasteiger partial charge in [-0.3, -0.25) is 9.20 Å². The van der Waals surface area contributed by atoms with Crippen molar-refractivity contribution in [3.8, 4) is 0 Å². The molecule has 2 heterocycles. The maximum Gasteiger partial charge on any atom is 0.308 e. The smallest absolute Gasteiger partial charge is 0.308 e. The maximum absolute atomic E-state index is 10.9. The molecule has 1 atom stereocenters. The largest absolute Gasteiger partial charge is 0.481 e. The zero-order valence-electron chi connectivity index (χ0n) is 9.37. The Balaban J connectivity index is 2.13. The van der Waals surface area contributed by atoms with Crippen LogP contribution in [-0.4, -0.2) is 37.2 Å². The molecule has 90 valence electrons. The van der Waals surface area contributed by atoms with Crippen LogP contribution in [0.5, 0.6) is 0 Å². The van der Waals surface area contributed by atoms with Crippen molar-refractivity contribution in [1.82, 2.24) is 19.6 Å². The van der Waals surface area contributed by atoms with E-state index in [0.717, 1.165) is 0 Å². The van der Waals surface area contributed by atoms with E-state index in [1.54, 1.807) is 23.1 Å². The zero-order valence-corrected chi connectivity index (χ0v) is 9.37. The average Bonchev–Trinajstić information content (AvgIpc) is 2.78. The van der Waals surface area contributed by atoms with Gasteiger partial charge in [0.2, 0.25) is 5.65 Å². The Hall–Kier alpha value is -2.18. The van der Waals surface area contributed by atoms with Crippen molar-refractivity contribution in [3.63, 3.8) is 0 Å². The van der Waals surface area contributed by atoms with Gasteiger partial charge in [0, 0.05) is 18.9 Å².